The van der Waals surface area contributed by atoms with Crippen LogP contribution in [0.1, 0.15) is 90.9 Å². The Morgan fingerprint density at radius 2 is 1.25 bits per heavy atom. The van der Waals surface area contributed by atoms with Crippen molar-refractivity contribution < 1.29 is 14.6 Å². The van der Waals surface area contributed by atoms with Crippen molar-refractivity contribution in [3.05, 3.63) is 0 Å². The fourth-order valence-electron chi connectivity index (χ4n) is 1.87. The van der Waals surface area contributed by atoms with Gasteiger partial charge in [-0.2, -0.15) is 0 Å². The summed E-state index contributed by atoms with van der Waals surface area (Å²) in [5, 5.41) is 8.42. The molecule has 0 aromatic carbocycles. The molecule has 0 saturated heterocycles. The lowest BCUT2D eigenvalue weighted by Gasteiger charge is -1.98. The Labute approximate surface area is 126 Å². The lowest BCUT2D eigenvalue weighted by atomic mass is 10.1. The molecule has 0 heterocycles. The number of ether oxygens (including phenoxy) is 1. The Morgan fingerprint density at radius 1 is 0.800 bits per heavy atom. The quantitative estimate of drug-likeness (QED) is 0.412. The smallest absolute Gasteiger partial charge is 0.305 e. The highest BCUT2D eigenvalue weighted by molar-refractivity contribution is 5.68. The zero-order valence-electron chi connectivity index (χ0n) is 14.0. The number of rotatable bonds is 12. The van der Waals surface area contributed by atoms with Gasteiger partial charge in [0, 0.05) is 13.0 Å². The van der Waals surface area contributed by atoms with E-state index in [0.717, 1.165) is 19.3 Å². The second-order valence-electron chi connectivity index (χ2n) is 5.23. The van der Waals surface area contributed by atoms with E-state index in [4.69, 9.17) is 5.11 Å². The van der Waals surface area contributed by atoms with Crippen LogP contribution in [0.3, 0.4) is 0 Å². The van der Waals surface area contributed by atoms with E-state index in [2.05, 4.69) is 18.6 Å². The van der Waals surface area contributed by atoms with Gasteiger partial charge in [0.05, 0.1) is 7.11 Å². The molecule has 3 heteroatoms. The molecule has 0 aromatic heterocycles. The molecule has 0 aliphatic carbocycles. The van der Waals surface area contributed by atoms with Gasteiger partial charge < -0.3 is 9.84 Å². The first-order valence-electron chi connectivity index (χ1n) is 8.40. The first-order valence-corrected chi connectivity index (χ1v) is 8.40. The summed E-state index contributed by atoms with van der Waals surface area (Å²) in [4.78, 5) is 10.6. The van der Waals surface area contributed by atoms with Gasteiger partial charge in [-0.05, 0) is 12.8 Å². The van der Waals surface area contributed by atoms with Crippen molar-refractivity contribution in [2.24, 2.45) is 0 Å². The molecule has 0 fully saturated rings. The van der Waals surface area contributed by atoms with E-state index in [1.807, 2.05) is 0 Å². The van der Waals surface area contributed by atoms with Gasteiger partial charge in [0.1, 0.15) is 0 Å². The summed E-state index contributed by atoms with van der Waals surface area (Å²) < 4.78 is 4.52. The largest absolute Gasteiger partial charge is 0.469 e. The second kappa shape index (κ2) is 20.7. The molecule has 0 spiro atoms. The van der Waals surface area contributed by atoms with Crippen molar-refractivity contribution in [1.82, 2.24) is 0 Å². The van der Waals surface area contributed by atoms with Gasteiger partial charge in [-0.3, -0.25) is 4.79 Å². The van der Waals surface area contributed by atoms with E-state index < -0.39 is 0 Å². The van der Waals surface area contributed by atoms with Gasteiger partial charge in [0.15, 0.2) is 0 Å². The summed E-state index contributed by atoms with van der Waals surface area (Å²) in [6.07, 6.45) is 14.0. The molecule has 20 heavy (non-hydrogen) atoms. The third kappa shape index (κ3) is 22.6. The standard InChI is InChI=1S/C9H18O2.C8H18O/c1-3-4-5-6-7-8-9(10)11-2;1-2-3-4-5-6-7-8-9/h3-8H2,1-2H3;9H,2-8H2,1H3. The van der Waals surface area contributed by atoms with Gasteiger partial charge in [-0.15, -0.1) is 0 Å². The van der Waals surface area contributed by atoms with E-state index in [1.54, 1.807) is 0 Å². The molecule has 0 aromatic rings. The van der Waals surface area contributed by atoms with Crippen LogP contribution in [-0.4, -0.2) is 24.8 Å². The minimum Gasteiger partial charge on any atom is -0.469 e. The Morgan fingerprint density at radius 3 is 1.70 bits per heavy atom. The Bertz CT molecular complexity index is 175. The van der Waals surface area contributed by atoms with Crippen LogP contribution in [0.4, 0.5) is 0 Å². The van der Waals surface area contributed by atoms with Gasteiger partial charge in [0.25, 0.3) is 0 Å². The fraction of sp³-hybridized carbons (Fsp3) is 0.941. The minimum absolute atomic E-state index is 0.0819. The third-order valence-corrected chi connectivity index (χ3v) is 3.22. The number of carbonyl (C=O) groups excluding carboxylic acids is 1. The van der Waals surface area contributed by atoms with E-state index in [1.165, 1.54) is 58.5 Å². The topological polar surface area (TPSA) is 46.5 Å². The fourth-order valence-corrected chi connectivity index (χ4v) is 1.87. The van der Waals surface area contributed by atoms with E-state index >= 15 is 0 Å². The molecular weight excluding hydrogens is 252 g/mol. The van der Waals surface area contributed by atoms with Gasteiger partial charge in [-0.25, -0.2) is 0 Å². The van der Waals surface area contributed by atoms with Crippen LogP contribution in [0.15, 0.2) is 0 Å². The van der Waals surface area contributed by atoms with Crippen LogP contribution < -0.4 is 0 Å². The highest BCUT2D eigenvalue weighted by Gasteiger charge is 1.97. The SMILES string of the molecule is CCCCCCCC(=O)OC.CCCCCCCCO. The summed E-state index contributed by atoms with van der Waals surface area (Å²) in [7, 11) is 1.44. The van der Waals surface area contributed by atoms with Crippen molar-refractivity contribution in [3.63, 3.8) is 0 Å². The van der Waals surface area contributed by atoms with E-state index in [0.29, 0.717) is 13.0 Å². The third-order valence-electron chi connectivity index (χ3n) is 3.22. The molecule has 0 atom stereocenters. The lowest BCUT2D eigenvalue weighted by molar-refractivity contribution is -0.140. The molecular formula is C17H36O3. The summed E-state index contributed by atoms with van der Waals surface area (Å²) >= 11 is 0. The van der Waals surface area contributed by atoms with E-state index in [-0.39, 0.29) is 5.97 Å². The average molecular weight is 288 g/mol. The highest BCUT2D eigenvalue weighted by Crippen LogP contribution is 2.05. The minimum atomic E-state index is -0.0819. The van der Waals surface area contributed by atoms with E-state index in [9.17, 15) is 4.79 Å². The first-order chi connectivity index (χ1) is 9.72. The van der Waals surface area contributed by atoms with Crippen molar-refractivity contribution in [1.29, 1.82) is 0 Å². The number of carbonyl (C=O) groups is 1. The van der Waals surface area contributed by atoms with Crippen molar-refractivity contribution in [3.8, 4) is 0 Å². The van der Waals surface area contributed by atoms with Crippen molar-refractivity contribution in [2.75, 3.05) is 13.7 Å². The summed E-state index contributed by atoms with van der Waals surface area (Å²) in [5.41, 5.74) is 0. The molecule has 1 N–H and O–H groups in total. The van der Waals surface area contributed by atoms with Crippen molar-refractivity contribution >= 4 is 5.97 Å². The summed E-state index contributed by atoms with van der Waals surface area (Å²) in [6.45, 7) is 4.76. The molecule has 0 rings (SSSR count). The zero-order chi connectivity index (χ0) is 15.5. The van der Waals surface area contributed by atoms with Crippen LogP contribution in [-0.2, 0) is 9.53 Å². The number of hydrogen-bond donors (Lipinski definition) is 1. The molecule has 0 radical (unpaired) electrons. The lowest BCUT2D eigenvalue weighted by Crippen LogP contribution is -1.98. The molecule has 0 amide bonds. The monoisotopic (exact) mass is 288 g/mol. The van der Waals surface area contributed by atoms with Crippen molar-refractivity contribution in [2.45, 2.75) is 90.9 Å². The maximum atomic E-state index is 10.6. The molecule has 0 aliphatic rings. The predicted octanol–water partition coefficient (Wildman–Crippen LogP) is 4.86. The molecule has 122 valence electrons. The van der Waals surface area contributed by atoms with Crippen LogP contribution >= 0.6 is 0 Å². The Balaban J connectivity index is 0. The second-order valence-corrected chi connectivity index (χ2v) is 5.23. The number of unbranched alkanes of at least 4 members (excludes halogenated alkanes) is 9. The first kappa shape index (κ1) is 21.7. The number of aliphatic hydroxyl groups excluding tert-OH is 1. The molecule has 0 bridgehead atoms. The predicted molar refractivity (Wildman–Crippen MR) is 85.9 cm³/mol. The number of esters is 1. The molecule has 3 nitrogen and oxygen atoms in total. The van der Waals surface area contributed by atoms with Crippen LogP contribution in [0.5, 0.6) is 0 Å². The average Bonchev–Trinajstić information content (AvgIpc) is 2.47. The van der Waals surface area contributed by atoms with Crippen LogP contribution in [0.25, 0.3) is 0 Å². The van der Waals surface area contributed by atoms with Gasteiger partial charge >= 0.3 is 5.97 Å². The maximum absolute atomic E-state index is 10.6. The number of methoxy groups -OCH3 is 1. The Hall–Kier alpha value is -0.570. The van der Waals surface area contributed by atoms with Crippen LogP contribution in [0, 0.1) is 0 Å². The normalized spacial score (nSPS) is 9.80. The number of hydrogen-bond acceptors (Lipinski definition) is 3. The summed E-state index contributed by atoms with van der Waals surface area (Å²) in [5.74, 6) is -0.0819. The van der Waals surface area contributed by atoms with Gasteiger partial charge in [0.2, 0.25) is 0 Å². The van der Waals surface area contributed by atoms with Gasteiger partial charge in [-0.1, -0.05) is 71.6 Å². The highest BCUT2D eigenvalue weighted by atomic mass is 16.5. The zero-order valence-corrected chi connectivity index (χ0v) is 14.0. The number of aliphatic hydroxyl groups is 1. The maximum Gasteiger partial charge on any atom is 0.305 e. The molecule has 0 unspecified atom stereocenters. The molecule has 0 saturated carbocycles. The summed E-state index contributed by atoms with van der Waals surface area (Å²) in [6, 6.07) is 0. The Kier molecular flexibility index (Phi) is 22.5. The molecule has 0 aliphatic heterocycles. The van der Waals surface area contributed by atoms with Crippen LogP contribution in [0.2, 0.25) is 0 Å².